The van der Waals surface area contributed by atoms with Crippen molar-refractivity contribution in [2.24, 2.45) is 5.92 Å². The molecule has 0 saturated carbocycles. The second-order valence-electron chi connectivity index (χ2n) is 17.0. The molecule has 2 heterocycles. The van der Waals surface area contributed by atoms with Gasteiger partial charge in [-0.05, 0) is 102 Å². The van der Waals surface area contributed by atoms with Gasteiger partial charge in [0, 0.05) is 43.5 Å². The van der Waals surface area contributed by atoms with E-state index >= 15 is 0 Å². The Hall–Kier alpha value is -6.80. The normalized spacial score (nSPS) is 16.2. The van der Waals surface area contributed by atoms with E-state index in [1.165, 1.54) is 23.1 Å². The first-order chi connectivity index (χ1) is 29.7. The summed E-state index contributed by atoms with van der Waals surface area (Å²) in [6, 6.07) is 21.9. The number of hydrogen-bond acceptors (Lipinski definition) is 13. The molecule has 5 amide bonds. The lowest BCUT2D eigenvalue weighted by molar-refractivity contribution is -0.167. The number of piperidine rings is 1. The number of ether oxygens (including phenoxy) is 5. The van der Waals surface area contributed by atoms with E-state index in [4.69, 9.17) is 23.7 Å². The van der Waals surface area contributed by atoms with Crippen LogP contribution in [0.4, 0.5) is 21.0 Å². The number of hydrogen-bond donors (Lipinski definition) is 1. The Balaban J connectivity index is 1.28. The minimum atomic E-state index is -1.79. The van der Waals surface area contributed by atoms with Crippen LogP contribution in [-0.2, 0) is 56.0 Å². The van der Waals surface area contributed by atoms with Crippen molar-refractivity contribution >= 4 is 53.2 Å². The minimum Gasteiger partial charge on any atom is -0.461 e. The molecule has 1 N–H and O–H groups in total. The van der Waals surface area contributed by atoms with Crippen LogP contribution >= 0.6 is 0 Å². The summed E-state index contributed by atoms with van der Waals surface area (Å²) in [5.74, 6) is -3.48. The molecule has 2 aliphatic heterocycles. The Labute approximate surface area is 366 Å². The summed E-state index contributed by atoms with van der Waals surface area (Å²) in [5.41, 5.74) is -0.166. The number of anilines is 2. The Morgan fingerprint density at radius 2 is 1.52 bits per heavy atom. The fourth-order valence-electron chi connectivity index (χ4n) is 6.80. The third-order valence-corrected chi connectivity index (χ3v) is 9.74. The zero-order chi connectivity index (χ0) is 46.1. The number of benzene rings is 3. The van der Waals surface area contributed by atoms with Gasteiger partial charge in [-0.25, -0.2) is 14.5 Å². The molecule has 0 spiro atoms. The molecule has 2 aliphatic rings. The van der Waals surface area contributed by atoms with E-state index in [1.807, 2.05) is 36.4 Å². The number of morpholine rings is 1. The Kier molecular flexibility index (Phi) is 15.3. The summed E-state index contributed by atoms with van der Waals surface area (Å²) in [6.45, 7) is 11.1. The average Bonchev–Trinajstić information content (AvgIpc) is 3.23. The van der Waals surface area contributed by atoms with Crippen molar-refractivity contribution in [2.75, 3.05) is 36.5 Å². The van der Waals surface area contributed by atoms with Crippen LogP contribution in [0.5, 0.6) is 0 Å². The lowest BCUT2D eigenvalue weighted by Crippen LogP contribution is -2.56. The van der Waals surface area contributed by atoms with Crippen molar-refractivity contribution in [3.63, 3.8) is 0 Å². The molecule has 0 aliphatic carbocycles. The van der Waals surface area contributed by atoms with Crippen LogP contribution < -0.4 is 10.2 Å². The van der Waals surface area contributed by atoms with Gasteiger partial charge in [0.05, 0.1) is 30.7 Å². The number of amides is 5. The van der Waals surface area contributed by atoms with Gasteiger partial charge in [0.15, 0.2) is 6.10 Å². The van der Waals surface area contributed by atoms with Crippen LogP contribution in [0.1, 0.15) is 88.4 Å². The molecule has 17 heteroatoms. The Morgan fingerprint density at radius 3 is 2.13 bits per heavy atom. The van der Waals surface area contributed by atoms with Crippen LogP contribution in [0.2, 0.25) is 0 Å². The van der Waals surface area contributed by atoms with E-state index in [1.54, 1.807) is 70.7 Å². The van der Waals surface area contributed by atoms with Gasteiger partial charge in [-0.2, -0.15) is 5.26 Å². The molecule has 2 saturated heterocycles. The number of carbonyl (C=O) groups excluding carboxylic acids is 7. The summed E-state index contributed by atoms with van der Waals surface area (Å²) >= 11 is 0. The molecule has 3 aromatic rings. The van der Waals surface area contributed by atoms with E-state index in [9.17, 15) is 38.8 Å². The van der Waals surface area contributed by atoms with Gasteiger partial charge in [-0.1, -0.05) is 36.4 Å². The molecule has 0 bridgehead atoms. The largest absolute Gasteiger partial charge is 0.461 e. The number of rotatable bonds is 11. The molecule has 3 aromatic carbocycles. The van der Waals surface area contributed by atoms with E-state index in [0.717, 1.165) is 12.5 Å². The highest BCUT2D eigenvalue weighted by molar-refractivity contribution is 6.05. The topological polar surface area (TPSA) is 211 Å². The van der Waals surface area contributed by atoms with Crippen LogP contribution in [-0.4, -0.2) is 101 Å². The molecule has 63 heavy (non-hydrogen) atoms. The highest BCUT2D eigenvalue weighted by Crippen LogP contribution is 2.27. The molecular weight excluding hydrogens is 815 g/mol. The first-order valence-corrected chi connectivity index (χ1v) is 20.5. The van der Waals surface area contributed by atoms with Crippen molar-refractivity contribution in [1.82, 2.24) is 9.80 Å². The molecule has 2 unspecified atom stereocenters. The van der Waals surface area contributed by atoms with Gasteiger partial charge in [-0.3, -0.25) is 24.0 Å². The highest BCUT2D eigenvalue weighted by Gasteiger charge is 2.43. The standard InChI is InChI=1S/C46H53N5O12/c1-29(52)61-37(39(53)48-35-17-16-33(26-47)34(24-35)27-51(43(57)62-45(2,3)4)44(58)63-46(5,6)7)38-41(55)50(22-23-59-38)36-15-11-14-32(25-36)40(54)49-20-18-31(19-21-49)42(56)60-28-30-12-9-8-10-13-30/h8-17,24-25,31,37-38H,18-23,27-28H2,1-7H3,(H,48,53). The molecule has 334 valence electrons. The van der Waals surface area contributed by atoms with E-state index in [0.29, 0.717) is 42.1 Å². The molecule has 0 aromatic heterocycles. The Bertz CT molecular complexity index is 2210. The van der Waals surface area contributed by atoms with Crippen LogP contribution in [0.3, 0.4) is 0 Å². The molecular formula is C46H53N5O12. The Morgan fingerprint density at radius 1 is 0.873 bits per heavy atom. The number of likely N-dealkylation sites (tertiary alicyclic amines) is 1. The first kappa shape index (κ1) is 47.3. The van der Waals surface area contributed by atoms with Crippen LogP contribution in [0, 0.1) is 17.2 Å². The molecule has 17 nitrogen and oxygen atoms in total. The summed E-state index contributed by atoms with van der Waals surface area (Å²) in [6.07, 6.45) is -4.59. The second kappa shape index (κ2) is 20.4. The van der Waals surface area contributed by atoms with Crippen molar-refractivity contribution in [3.8, 4) is 6.07 Å². The fraction of sp³-hybridized carbons (Fsp3) is 0.435. The van der Waals surface area contributed by atoms with Gasteiger partial charge in [0.2, 0.25) is 6.10 Å². The molecule has 0 radical (unpaired) electrons. The number of carbonyl (C=O) groups is 7. The van der Waals surface area contributed by atoms with Gasteiger partial charge in [0.1, 0.15) is 17.8 Å². The minimum absolute atomic E-state index is 0.0559. The number of nitrogens with one attached hydrogen (secondary N) is 1. The third-order valence-electron chi connectivity index (χ3n) is 9.74. The summed E-state index contributed by atoms with van der Waals surface area (Å²) in [7, 11) is 0. The quantitative estimate of drug-likeness (QED) is 0.170. The maximum atomic E-state index is 14.1. The zero-order valence-corrected chi connectivity index (χ0v) is 36.5. The van der Waals surface area contributed by atoms with E-state index in [2.05, 4.69) is 5.32 Å². The summed E-state index contributed by atoms with van der Waals surface area (Å²) in [5, 5.41) is 12.5. The number of esters is 2. The maximum absolute atomic E-state index is 14.1. The second-order valence-corrected chi connectivity index (χ2v) is 17.0. The van der Waals surface area contributed by atoms with Gasteiger partial charge >= 0.3 is 24.1 Å². The van der Waals surface area contributed by atoms with E-state index in [-0.39, 0.29) is 54.4 Å². The highest BCUT2D eigenvalue weighted by atomic mass is 16.6. The molecule has 5 rings (SSSR count). The van der Waals surface area contributed by atoms with Crippen LogP contribution in [0.25, 0.3) is 0 Å². The van der Waals surface area contributed by atoms with Crippen molar-refractivity contribution in [1.29, 1.82) is 5.26 Å². The molecule has 2 fully saturated rings. The fourth-order valence-corrected chi connectivity index (χ4v) is 6.80. The van der Waals surface area contributed by atoms with Crippen LogP contribution in [0.15, 0.2) is 72.8 Å². The summed E-state index contributed by atoms with van der Waals surface area (Å²) in [4.78, 5) is 96.8. The molecule has 2 atom stereocenters. The van der Waals surface area contributed by atoms with Crippen molar-refractivity contribution < 1.29 is 57.2 Å². The number of imide groups is 1. The van der Waals surface area contributed by atoms with E-state index < -0.39 is 59.9 Å². The van der Waals surface area contributed by atoms with Crippen molar-refractivity contribution in [2.45, 2.75) is 97.9 Å². The predicted octanol–water partition coefficient (Wildman–Crippen LogP) is 6.13. The SMILES string of the molecule is CC(=O)OC(C(=O)Nc1ccc(C#N)c(CN(C(=O)OC(C)(C)C)C(=O)OC(C)(C)C)c1)C1OCCN(c2cccc(C(=O)N3CCC(C(=O)OCc4ccccc4)CC3)c2)C1=O. The third kappa shape index (κ3) is 13.1. The smallest absolute Gasteiger partial charge is 0.420 e. The maximum Gasteiger partial charge on any atom is 0.420 e. The lowest BCUT2D eigenvalue weighted by atomic mass is 9.96. The lowest BCUT2D eigenvalue weighted by Gasteiger charge is -2.35. The monoisotopic (exact) mass is 867 g/mol. The first-order valence-electron chi connectivity index (χ1n) is 20.5. The number of nitriles is 1. The van der Waals surface area contributed by atoms with Crippen molar-refractivity contribution in [3.05, 3.63) is 95.1 Å². The van der Waals surface area contributed by atoms with Gasteiger partial charge < -0.3 is 38.8 Å². The zero-order valence-electron chi connectivity index (χ0n) is 36.5. The van der Waals surface area contributed by atoms with Gasteiger partial charge in [-0.15, -0.1) is 0 Å². The average molecular weight is 868 g/mol. The predicted molar refractivity (Wildman–Crippen MR) is 227 cm³/mol. The summed E-state index contributed by atoms with van der Waals surface area (Å²) < 4.78 is 27.5. The van der Waals surface area contributed by atoms with Gasteiger partial charge in [0.25, 0.3) is 17.7 Å². The number of nitrogens with zero attached hydrogens (tertiary/aromatic N) is 4.